The fourth-order valence-corrected chi connectivity index (χ4v) is 1.99. The molecule has 0 amide bonds. The van der Waals surface area contributed by atoms with Crippen LogP contribution in [0.3, 0.4) is 0 Å². The Hall–Kier alpha value is -0.570. The summed E-state index contributed by atoms with van der Waals surface area (Å²) in [7, 11) is 0. The first-order valence-corrected chi connectivity index (χ1v) is 7.59. The highest BCUT2D eigenvalue weighted by molar-refractivity contribution is 9.10. The zero-order valence-corrected chi connectivity index (χ0v) is 14.1. The van der Waals surface area contributed by atoms with Crippen molar-refractivity contribution in [3.05, 3.63) is 29.6 Å². The molecule has 0 saturated carbocycles. The van der Waals surface area contributed by atoms with E-state index in [-0.39, 0.29) is 15.7 Å². The number of ether oxygens (including phenoxy) is 1. The summed E-state index contributed by atoms with van der Waals surface area (Å²) in [5.74, 6) is 0.0695. The van der Waals surface area contributed by atoms with Crippen molar-refractivity contribution < 1.29 is 9.13 Å². The standard InChI is InChI=1S/C16H24BrFO/c1-6-12-7-8-14(13(18)11-12)19-16(4,5)10-9-15(2,3)17/h7-8,11H,6,9-10H2,1-5H3. The lowest BCUT2D eigenvalue weighted by Crippen LogP contribution is -2.30. The van der Waals surface area contributed by atoms with Crippen molar-refractivity contribution in [2.45, 2.75) is 63.8 Å². The van der Waals surface area contributed by atoms with Crippen LogP contribution in [0, 0.1) is 5.82 Å². The molecule has 0 heterocycles. The number of hydrogen-bond acceptors (Lipinski definition) is 1. The van der Waals surface area contributed by atoms with Crippen LogP contribution < -0.4 is 4.74 Å². The molecule has 0 atom stereocenters. The Morgan fingerprint density at radius 3 is 2.26 bits per heavy atom. The van der Waals surface area contributed by atoms with Gasteiger partial charge in [-0.15, -0.1) is 0 Å². The molecular formula is C16H24BrFO. The molecule has 1 rings (SSSR count). The van der Waals surface area contributed by atoms with Crippen molar-refractivity contribution in [1.82, 2.24) is 0 Å². The van der Waals surface area contributed by atoms with Gasteiger partial charge in [0.1, 0.15) is 5.60 Å². The van der Waals surface area contributed by atoms with Crippen LogP contribution in [0.15, 0.2) is 18.2 Å². The van der Waals surface area contributed by atoms with Gasteiger partial charge in [-0.1, -0.05) is 42.8 Å². The maximum Gasteiger partial charge on any atom is 0.165 e. The van der Waals surface area contributed by atoms with Gasteiger partial charge in [0, 0.05) is 4.32 Å². The molecule has 108 valence electrons. The maximum atomic E-state index is 13.9. The first kappa shape index (κ1) is 16.5. The zero-order valence-electron chi connectivity index (χ0n) is 12.5. The molecule has 0 saturated heterocycles. The molecule has 0 radical (unpaired) electrons. The molecule has 3 heteroatoms. The van der Waals surface area contributed by atoms with Crippen LogP contribution in [0.1, 0.15) is 53.0 Å². The van der Waals surface area contributed by atoms with Crippen LogP contribution in [0.5, 0.6) is 5.75 Å². The van der Waals surface area contributed by atoms with Crippen molar-refractivity contribution >= 4 is 15.9 Å². The summed E-state index contributed by atoms with van der Waals surface area (Å²) >= 11 is 3.62. The molecule has 0 aliphatic carbocycles. The minimum Gasteiger partial charge on any atom is -0.485 e. The van der Waals surface area contributed by atoms with Crippen molar-refractivity contribution in [3.63, 3.8) is 0 Å². The molecule has 0 unspecified atom stereocenters. The molecular weight excluding hydrogens is 307 g/mol. The highest BCUT2D eigenvalue weighted by Crippen LogP contribution is 2.30. The third-order valence-electron chi connectivity index (χ3n) is 3.11. The molecule has 0 aromatic heterocycles. The van der Waals surface area contributed by atoms with Gasteiger partial charge in [0.25, 0.3) is 0 Å². The molecule has 1 aromatic carbocycles. The third kappa shape index (κ3) is 5.94. The molecule has 1 nitrogen and oxygen atoms in total. The summed E-state index contributed by atoms with van der Waals surface area (Å²) in [6.45, 7) is 10.3. The number of alkyl halides is 1. The normalized spacial score (nSPS) is 12.6. The van der Waals surface area contributed by atoms with E-state index in [4.69, 9.17) is 4.74 Å². The smallest absolute Gasteiger partial charge is 0.165 e. The Bertz CT molecular complexity index is 421. The highest BCUT2D eigenvalue weighted by atomic mass is 79.9. The van der Waals surface area contributed by atoms with Gasteiger partial charge >= 0.3 is 0 Å². The number of hydrogen-bond donors (Lipinski definition) is 0. The van der Waals surface area contributed by atoms with E-state index in [0.29, 0.717) is 5.75 Å². The van der Waals surface area contributed by atoms with Crippen LogP contribution in [0.25, 0.3) is 0 Å². The summed E-state index contributed by atoms with van der Waals surface area (Å²) in [4.78, 5) is 0. The number of aryl methyl sites for hydroxylation is 1. The maximum absolute atomic E-state index is 13.9. The van der Waals surface area contributed by atoms with Gasteiger partial charge in [-0.25, -0.2) is 4.39 Å². The van der Waals surface area contributed by atoms with Crippen LogP contribution in [0.2, 0.25) is 0 Å². The van der Waals surface area contributed by atoms with E-state index < -0.39 is 0 Å². The summed E-state index contributed by atoms with van der Waals surface area (Å²) in [6, 6.07) is 5.21. The lowest BCUT2D eigenvalue weighted by molar-refractivity contribution is 0.0893. The summed E-state index contributed by atoms with van der Waals surface area (Å²) in [5.41, 5.74) is 0.615. The average Bonchev–Trinajstić information content (AvgIpc) is 2.28. The minimum atomic E-state index is -0.375. The van der Waals surface area contributed by atoms with E-state index in [0.717, 1.165) is 24.8 Å². The van der Waals surface area contributed by atoms with Gasteiger partial charge in [0.15, 0.2) is 11.6 Å². The van der Waals surface area contributed by atoms with Gasteiger partial charge in [0.2, 0.25) is 0 Å². The third-order valence-corrected chi connectivity index (χ3v) is 3.51. The second-order valence-electron chi connectivity index (χ2n) is 6.20. The topological polar surface area (TPSA) is 9.23 Å². The first-order valence-electron chi connectivity index (χ1n) is 6.79. The largest absolute Gasteiger partial charge is 0.485 e. The summed E-state index contributed by atoms with van der Waals surface area (Å²) in [5, 5.41) is 0. The van der Waals surface area contributed by atoms with E-state index >= 15 is 0 Å². The van der Waals surface area contributed by atoms with E-state index in [9.17, 15) is 4.39 Å². The highest BCUT2D eigenvalue weighted by Gasteiger charge is 2.25. The Kier molecular flexibility index (Phi) is 5.43. The van der Waals surface area contributed by atoms with Crippen molar-refractivity contribution in [2.24, 2.45) is 0 Å². The number of rotatable bonds is 6. The Morgan fingerprint density at radius 2 is 1.79 bits per heavy atom. The average molecular weight is 331 g/mol. The van der Waals surface area contributed by atoms with E-state index in [1.165, 1.54) is 0 Å². The molecule has 0 aliphatic heterocycles. The predicted octanol–water partition coefficient (Wildman–Crippen LogP) is 5.50. The minimum absolute atomic E-state index is 0.0816. The quantitative estimate of drug-likeness (QED) is 0.626. The molecule has 0 aliphatic rings. The van der Waals surface area contributed by atoms with Gasteiger partial charge < -0.3 is 4.74 Å². The fourth-order valence-electron chi connectivity index (χ4n) is 1.79. The van der Waals surface area contributed by atoms with Gasteiger partial charge in [-0.3, -0.25) is 0 Å². The van der Waals surface area contributed by atoms with Crippen LogP contribution in [0.4, 0.5) is 4.39 Å². The zero-order chi connectivity index (χ0) is 14.7. The van der Waals surface area contributed by atoms with Crippen molar-refractivity contribution in [3.8, 4) is 5.75 Å². The SMILES string of the molecule is CCc1ccc(OC(C)(C)CCC(C)(C)Br)c(F)c1. The van der Waals surface area contributed by atoms with Crippen molar-refractivity contribution in [1.29, 1.82) is 0 Å². The second kappa shape index (κ2) is 6.25. The lowest BCUT2D eigenvalue weighted by Gasteiger charge is -2.29. The number of halogens is 2. The predicted molar refractivity (Wildman–Crippen MR) is 82.7 cm³/mol. The summed E-state index contributed by atoms with van der Waals surface area (Å²) in [6.07, 6.45) is 2.66. The van der Waals surface area contributed by atoms with Gasteiger partial charge in [-0.05, 0) is 50.8 Å². The fraction of sp³-hybridized carbons (Fsp3) is 0.625. The Labute approximate surface area is 124 Å². The number of benzene rings is 1. The van der Waals surface area contributed by atoms with Gasteiger partial charge in [0.05, 0.1) is 0 Å². The van der Waals surface area contributed by atoms with E-state index in [2.05, 4.69) is 29.8 Å². The molecule has 0 bridgehead atoms. The van der Waals surface area contributed by atoms with Crippen LogP contribution in [-0.2, 0) is 6.42 Å². The van der Waals surface area contributed by atoms with E-state index in [1.807, 2.05) is 26.8 Å². The molecule has 0 N–H and O–H groups in total. The molecule has 0 spiro atoms. The summed E-state index contributed by atoms with van der Waals surface area (Å²) < 4.78 is 19.8. The van der Waals surface area contributed by atoms with Gasteiger partial charge in [-0.2, -0.15) is 0 Å². The molecule has 1 aromatic rings. The van der Waals surface area contributed by atoms with Crippen molar-refractivity contribution in [2.75, 3.05) is 0 Å². The second-order valence-corrected chi connectivity index (χ2v) is 8.35. The molecule has 0 fully saturated rings. The van der Waals surface area contributed by atoms with Crippen LogP contribution in [-0.4, -0.2) is 9.93 Å². The molecule has 19 heavy (non-hydrogen) atoms. The van der Waals surface area contributed by atoms with E-state index in [1.54, 1.807) is 12.1 Å². The lowest BCUT2D eigenvalue weighted by atomic mass is 9.96. The monoisotopic (exact) mass is 330 g/mol. The Balaban J connectivity index is 2.72. The van der Waals surface area contributed by atoms with Crippen LogP contribution >= 0.6 is 15.9 Å². The first-order chi connectivity index (χ1) is 8.63. The Morgan fingerprint density at radius 1 is 1.16 bits per heavy atom.